The largest absolute Gasteiger partial charge is 0.353 e. The fourth-order valence-electron chi connectivity index (χ4n) is 4.86. The van der Waals surface area contributed by atoms with Crippen LogP contribution in [-0.2, 0) is 32.4 Å². The molecule has 0 aliphatic carbocycles. The quantitative estimate of drug-likeness (QED) is 0.531. The summed E-state index contributed by atoms with van der Waals surface area (Å²) < 4.78 is 27.2. The second-order valence-electron chi connectivity index (χ2n) is 9.23. The molecule has 0 radical (unpaired) electrons. The summed E-state index contributed by atoms with van der Waals surface area (Å²) in [4.78, 5) is 29.1. The van der Waals surface area contributed by atoms with Crippen molar-refractivity contribution in [3.8, 4) is 0 Å². The van der Waals surface area contributed by atoms with E-state index in [2.05, 4.69) is 38.3 Å². The van der Waals surface area contributed by atoms with Crippen LogP contribution in [0.5, 0.6) is 0 Å². The van der Waals surface area contributed by atoms with Crippen LogP contribution in [0.1, 0.15) is 43.7 Å². The minimum absolute atomic E-state index is 0.0602. The molecule has 2 heterocycles. The second-order valence-corrected chi connectivity index (χ2v) is 12.2. The van der Waals surface area contributed by atoms with E-state index in [4.69, 9.17) is 0 Å². The summed E-state index contributed by atoms with van der Waals surface area (Å²) >= 11 is 3.40. The zero-order valence-corrected chi connectivity index (χ0v) is 22.4. The Hall–Kier alpha value is -2.23. The molecule has 188 valence electrons. The summed E-state index contributed by atoms with van der Waals surface area (Å²) in [7, 11) is -3.75. The molecule has 2 amide bonds. The number of nitrogens with zero attached hydrogens (tertiary/aromatic N) is 2. The van der Waals surface area contributed by atoms with Crippen LogP contribution in [0.25, 0.3) is 0 Å². The summed E-state index contributed by atoms with van der Waals surface area (Å²) in [6.07, 6.45) is 2.51. The molecular weight excluding hydrogens is 530 g/mol. The van der Waals surface area contributed by atoms with E-state index in [0.29, 0.717) is 29.5 Å². The highest BCUT2D eigenvalue weighted by molar-refractivity contribution is 9.10. The van der Waals surface area contributed by atoms with Gasteiger partial charge in [0.1, 0.15) is 0 Å². The van der Waals surface area contributed by atoms with Crippen molar-refractivity contribution >= 4 is 43.3 Å². The first kappa shape index (κ1) is 25.9. The van der Waals surface area contributed by atoms with E-state index in [1.807, 2.05) is 24.3 Å². The standard InChI is InChI=1S/C26H32BrN3O4S/c1-2-25(32)30-14-8-20-16-21(27)17-23(26(20)30)35(33,34)15-11-24(31)28-22-9-12-29(13-10-22)18-19-6-4-3-5-7-19/h3-7,16-17,22H,2,8-15,18H2,1H3,(H,28,31). The van der Waals surface area contributed by atoms with E-state index in [1.165, 1.54) is 5.56 Å². The number of piperidine rings is 1. The van der Waals surface area contributed by atoms with Crippen molar-refractivity contribution in [1.29, 1.82) is 0 Å². The summed E-state index contributed by atoms with van der Waals surface area (Å²) in [5, 5.41) is 3.02. The minimum Gasteiger partial charge on any atom is -0.353 e. The van der Waals surface area contributed by atoms with Crippen molar-refractivity contribution in [2.24, 2.45) is 0 Å². The fourth-order valence-corrected chi connectivity index (χ4v) is 7.03. The predicted octanol–water partition coefficient (Wildman–Crippen LogP) is 3.69. The third-order valence-corrected chi connectivity index (χ3v) is 8.91. The Balaban J connectivity index is 1.33. The number of rotatable bonds is 8. The van der Waals surface area contributed by atoms with E-state index in [0.717, 1.165) is 38.0 Å². The number of carbonyl (C=O) groups is 2. The fraction of sp³-hybridized carbons (Fsp3) is 0.462. The molecule has 1 fully saturated rings. The number of nitrogens with one attached hydrogen (secondary N) is 1. The smallest absolute Gasteiger partial charge is 0.226 e. The number of amides is 2. The van der Waals surface area contributed by atoms with Crippen molar-refractivity contribution in [1.82, 2.24) is 10.2 Å². The number of anilines is 1. The molecule has 4 rings (SSSR count). The molecule has 0 spiro atoms. The molecule has 1 N–H and O–H groups in total. The van der Waals surface area contributed by atoms with Gasteiger partial charge in [-0.15, -0.1) is 0 Å². The topological polar surface area (TPSA) is 86.8 Å². The molecule has 0 atom stereocenters. The lowest BCUT2D eigenvalue weighted by Gasteiger charge is -2.32. The summed E-state index contributed by atoms with van der Waals surface area (Å²) in [5.41, 5.74) is 2.59. The second kappa shape index (κ2) is 11.2. The summed E-state index contributed by atoms with van der Waals surface area (Å²) in [6, 6.07) is 13.8. The van der Waals surface area contributed by atoms with E-state index in [-0.39, 0.29) is 34.9 Å². The molecule has 2 aliphatic rings. The number of sulfone groups is 1. The van der Waals surface area contributed by atoms with Gasteiger partial charge in [0.2, 0.25) is 11.8 Å². The number of hydrogen-bond acceptors (Lipinski definition) is 5. The maximum atomic E-state index is 13.3. The molecule has 0 saturated carbocycles. The van der Waals surface area contributed by atoms with Crippen LogP contribution < -0.4 is 10.2 Å². The molecule has 35 heavy (non-hydrogen) atoms. The van der Waals surface area contributed by atoms with Crippen molar-refractivity contribution in [3.05, 3.63) is 58.1 Å². The van der Waals surface area contributed by atoms with Crippen LogP contribution >= 0.6 is 15.9 Å². The zero-order chi connectivity index (χ0) is 25.0. The zero-order valence-electron chi connectivity index (χ0n) is 20.0. The molecule has 0 aromatic heterocycles. The first-order valence-corrected chi connectivity index (χ1v) is 14.6. The Kier molecular flexibility index (Phi) is 8.29. The van der Waals surface area contributed by atoms with Gasteiger partial charge in [0.25, 0.3) is 0 Å². The number of halogens is 1. The average Bonchev–Trinajstić information content (AvgIpc) is 3.27. The van der Waals surface area contributed by atoms with Crippen molar-refractivity contribution in [2.75, 3.05) is 30.3 Å². The van der Waals surface area contributed by atoms with Gasteiger partial charge in [-0.05, 0) is 42.5 Å². The summed E-state index contributed by atoms with van der Waals surface area (Å²) in [6.45, 7) is 4.93. The first-order chi connectivity index (χ1) is 16.8. The first-order valence-electron chi connectivity index (χ1n) is 12.2. The van der Waals surface area contributed by atoms with Gasteiger partial charge in [-0.1, -0.05) is 53.2 Å². The van der Waals surface area contributed by atoms with Gasteiger partial charge in [-0.25, -0.2) is 8.42 Å². The molecule has 2 aromatic carbocycles. The normalized spacial score (nSPS) is 16.8. The average molecular weight is 563 g/mol. The van der Waals surface area contributed by atoms with Crippen LogP contribution in [0, 0.1) is 0 Å². The maximum Gasteiger partial charge on any atom is 0.226 e. The minimum atomic E-state index is -3.75. The third kappa shape index (κ3) is 6.32. The Labute approximate surface area is 215 Å². The lowest BCUT2D eigenvalue weighted by Crippen LogP contribution is -2.44. The van der Waals surface area contributed by atoms with Crippen LogP contribution in [0.3, 0.4) is 0 Å². The van der Waals surface area contributed by atoms with Gasteiger partial charge < -0.3 is 10.2 Å². The van der Waals surface area contributed by atoms with Crippen molar-refractivity contribution in [3.63, 3.8) is 0 Å². The van der Waals surface area contributed by atoms with Crippen LogP contribution in [0.15, 0.2) is 51.8 Å². The Morgan fingerprint density at radius 3 is 2.49 bits per heavy atom. The lowest BCUT2D eigenvalue weighted by molar-refractivity contribution is -0.121. The van der Waals surface area contributed by atoms with E-state index in [9.17, 15) is 18.0 Å². The van der Waals surface area contributed by atoms with Gasteiger partial charge in [-0.3, -0.25) is 14.5 Å². The monoisotopic (exact) mass is 561 g/mol. The lowest BCUT2D eigenvalue weighted by atomic mass is 10.0. The predicted molar refractivity (Wildman–Crippen MR) is 140 cm³/mol. The van der Waals surface area contributed by atoms with Crippen molar-refractivity contribution < 1.29 is 18.0 Å². The Morgan fingerprint density at radius 1 is 1.09 bits per heavy atom. The number of fused-ring (bicyclic) bond motifs is 1. The SMILES string of the molecule is CCC(=O)N1CCc2cc(Br)cc(S(=O)(=O)CCC(=O)NC3CCN(Cc4ccccc4)CC3)c21. The summed E-state index contributed by atoms with van der Waals surface area (Å²) in [5.74, 6) is -0.634. The van der Waals surface area contributed by atoms with Crippen LogP contribution in [0.2, 0.25) is 0 Å². The Bertz CT molecular complexity index is 1180. The van der Waals surface area contributed by atoms with E-state index < -0.39 is 9.84 Å². The highest BCUT2D eigenvalue weighted by atomic mass is 79.9. The molecular formula is C26H32BrN3O4S. The van der Waals surface area contributed by atoms with Crippen LogP contribution in [0.4, 0.5) is 5.69 Å². The van der Waals surface area contributed by atoms with Gasteiger partial charge in [-0.2, -0.15) is 0 Å². The number of likely N-dealkylation sites (tertiary alicyclic amines) is 1. The van der Waals surface area contributed by atoms with Gasteiger partial charge in [0.15, 0.2) is 9.84 Å². The highest BCUT2D eigenvalue weighted by Crippen LogP contribution is 2.38. The highest BCUT2D eigenvalue weighted by Gasteiger charge is 2.32. The Morgan fingerprint density at radius 2 is 1.80 bits per heavy atom. The molecule has 9 heteroatoms. The van der Waals surface area contributed by atoms with E-state index in [1.54, 1.807) is 17.9 Å². The number of carbonyl (C=O) groups excluding carboxylic acids is 2. The van der Waals surface area contributed by atoms with Gasteiger partial charge in [0.05, 0.1) is 16.3 Å². The molecule has 7 nitrogen and oxygen atoms in total. The molecule has 2 aromatic rings. The molecule has 0 unspecified atom stereocenters. The molecule has 1 saturated heterocycles. The van der Waals surface area contributed by atoms with Gasteiger partial charge in [0, 0.05) is 49.5 Å². The molecule has 0 bridgehead atoms. The van der Waals surface area contributed by atoms with Crippen molar-refractivity contribution in [2.45, 2.75) is 56.5 Å². The third-order valence-electron chi connectivity index (χ3n) is 6.73. The van der Waals surface area contributed by atoms with Gasteiger partial charge >= 0.3 is 0 Å². The number of benzene rings is 2. The maximum absolute atomic E-state index is 13.3. The number of hydrogen-bond donors (Lipinski definition) is 1. The van der Waals surface area contributed by atoms with E-state index >= 15 is 0 Å². The molecule has 2 aliphatic heterocycles. The van der Waals surface area contributed by atoms with Crippen LogP contribution in [-0.4, -0.2) is 56.6 Å².